The molecule has 6 aromatic carbocycles. The summed E-state index contributed by atoms with van der Waals surface area (Å²) in [5, 5.41) is 4.71. The lowest BCUT2D eigenvalue weighted by Gasteiger charge is -2.08. The summed E-state index contributed by atoms with van der Waals surface area (Å²) in [5.74, 6) is 0. The van der Waals surface area contributed by atoms with Crippen LogP contribution in [-0.2, 0) is 0 Å². The Labute approximate surface area is 243 Å². The van der Waals surface area contributed by atoms with Gasteiger partial charge in [-0.15, -0.1) is 0 Å². The van der Waals surface area contributed by atoms with Gasteiger partial charge in [-0.25, -0.2) is 4.98 Å². The molecule has 0 aliphatic heterocycles. The maximum absolute atomic E-state index is 6.62. The normalized spacial score (nSPS) is 12.3. The molecule has 10 aromatic rings. The van der Waals surface area contributed by atoms with Gasteiger partial charge < -0.3 is 8.98 Å². The van der Waals surface area contributed by atoms with Crippen LogP contribution in [0.25, 0.3) is 86.8 Å². The Balaban J connectivity index is 1.19. The molecule has 0 amide bonds. The van der Waals surface area contributed by atoms with E-state index < -0.39 is 0 Å². The van der Waals surface area contributed by atoms with Crippen LogP contribution in [-0.4, -0.2) is 14.0 Å². The van der Waals surface area contributed by atoms with Crippen molar-refractivity contribution in [3.8, 4) is 16.8 Å². The van der Waals surface area contributed by atoms with Crippen LogP contribution in [0, 0.1) is 0 Å². The molecule has 0 atom stereocenters. The third-order valence-corrected chi connectivity index (χ3v) is 9.58. The number of benzene rings is 6. The summed E-state index contributed by atoms with van der Waals surface area (Å²) in [5.41, 5.74) is 10.8. The lowest BCUT2D eigenvalue weighted by atomic mass is 10.0. The first-order chi connectivity index (χ1) is 20.8. The predicted octanol–water partition coefficient (Wildman–Crippen LogP) is 10.4. The molecule has 0 aliphatic rings. The second-order valence-corrected chi connectivity index (χ2v) is 11.8. The zero-order valence-electron chi connectivity index (χ0n) is 22.3. The molecule has 0 saturated heterocycles. The van der Waals surface area contributed by atoms with E-state index in [0.29, 0.717) is 0 Å². The molecule has 0 unspecified atom stereocenters. The van der Waals surface area contributed by atoms with Crippen LogP contribution < -0.4 is 0 Å². The van der Waals surface area contributed by atoms with Crippen LogP contribution in [0.4, 0.5) is 0 Å². The van der Waals surface area contributed by atoms with Crippen LogP contribution >= 0.6 is 11.3 Å². The molecule has 4 nitrogen and oxygen atoms in total. The van der Waals surface area contributed by atoms with Gasteiger partial charge in [0.1, 0.15) is 5.58 Å². The van der Waals surface area contributed by atoms with Gasteiger partial charge in [0.15, 0.2) is 10.5 Å². The minimum atomic E-state index is 0.888. The molecule has 0 bridgehead atoms. The third-order valence-electron chi connectivity index (χ3n) is 8.56. The number of thiazole rings is 1. The van der Waals surface area contributed by atoms with Gasteiger partial charge in [-0.1, -0.05) is 84.1 Å². The number of fused-ring (bicyclic) bond motifs is 11. The maximum atomic E-state index is 6.62. The van der Waals surface area contributed by atoms with E-state index in [2.05, 4.69) is 136 Å². The van der Waals surface area contributed by atoms with Crippen LogP contribution in [0.2, 0.25) is 0 Å². The number of nitrogens with zero attached hydrogens (tertiary/aromatic N) is 3. The molecule has 0 saturated carbocycles. The molecule has 0 fully saturated rings. The van der Waals surface area contributed by atoms with Gasteiger partial charge in [0.25, 0.3) is 0 Å². The van der Waals surface area contributed by atoms with Gasteiger partial charge in [0, 0.05) is 21.5 Å². The van der Waals surface area contributed by atoms with E-state index in [4.69, 9.17) is 9.40 Å². The van der Waals surface area contributed by atoms with Crippen molar-refractivity contribution in [2.75, 3.05) is 0 Å². The van der Waals surface area contributed by atoms with Gasteiger partial charge in [-0.3, -0.25) is 4.40 Å². The van der Waals surface area contributed by atoms with E-state index in [1.807, 2.05) is 0 Å². The summed E-state index contributed by atoms with van der Waals surface area (Å²) in [6.07, 6.45) is 0. The third kappa shape index (κ3) is 2.93. The van der Waals surface area contributed by atoms with E-state index >= 15 is 0 Å². The molecular formula is C37H21N3OS. The lowest BCUT2D eigenvalue weighted by Crippen LogP contribution is -1.93. The molecule has 0 radical (unpaired) electrons. The minimum absolute atomic E-state index is 0.888. The van der Waals surface area contributed by atoms with Crippen molar-refractivity contribution in [2.24, 2.45) is 0 Å². The molecule has 5 heteroatoms. The van der Waals surface area contributed by atoms with Gasteiger partial charge in [0.2, 0.25) is 0 Å². The number of imidazole rings is 1. The molecule has 10 rings (SSSR count). The van der Waals surface area contributed by atoms with Crippen LogP contribution in [0.5, 0.6) is 0 Å². The summed E-state index contributed by atoms with van der Waals surface area (Å²) in [6, 6.07) is 45.3. The number of furan rings is 1. The molecule has 0 spiro atoms. The molecule has 0 aliphatic carbocycles. The Morgan fingerprint density at radius 3 is 2.07 bits per heavy atom. The van der Waals surface area contributed by atoms with Crippen molar-refractivity contribution >= 4 is 81.3 Å². The van der Waals surface area contributed by atoms with Crippen molar-refractivity contribution in [1.82, 2.24) is 14.0 Å². The van der Waals surface area contributed by atoms with E-state index in [9.17, 15) is 0 Å². The summed E-state index contributed by atoms with van der Waals surface area (Å²) < 4.78 is 12.5. The Morgan fingerprint density at radius 2 is 1.24 bits per heavy atom. The fourth-order valence-electron chi connectivity index (χ4n) is 6.68. The highest BCUT2D eigenvalue weighted by Gasteiger charge is 2.18. The Hall–Kier alpha value is -5.39. The van der Waals surface area contributed by atoms with Gasteiger partial charge >= 0.3 is 0 Å². The van der Waals surface area contributed by atoms with Gasteiger partial charge in [-0.2, -0.15) is 0 Å². The molecular weight excluding hydrogens is 534 g/mol. The van der Waals surface area contributed by atoms with Gasteiger partial charge in [-0.05, 0) is 65.7 Å². The quantitative estimate of drug-likeness (QED) is 0.213. The summed E-state index contributed by atoms with van der Waals surface area (Å²) in [7, 11) is 0. The fourth-order valence-corrected chi connectivity index (χ4v) is 7.72. The van der Waals surface area contributed by atoms with Crippen LogP contribution in [0.1, 0.15) is 0 Å². The number of aromatic nitrogens is 3. The highest BCUT2D eigenvalue weighted by atomic mass is 32.1. The van der Waals surface area contributed by atoms with Crippen molar-refractivity contribution in [2.45, 2.75) is 0 Å². The second kappa shape index (κ2) is 8.09. The van der Waals surface area contributed by atoms with Crippen molar-refractivity contribution in [3.63, 3.8) is 0 Å². The summed E-state index contributed by atoms with van der Waals surface area (Å²) >= 11 is 1.73. The lowest BCUT2D eigenvalue weighted by molar-refractivity contribution is 0.666. The van der Waals surface area contributed by atoms with E-state index in [1.54, 1.807) is 11.3 Å². The van der Waals surface area contributed by atoms with Gasteiger partial charge in [0.05, 0.1) is 38.0 Å². The Kier molecular flexibility index (Phi) is 4.30. The first-order valence-electron chi connectivity index (χ1n) is 14.1. The molecule has 0 N–H and O–H groups in total. The molecule has 4 heterocycles. The summed E-state index contributed by atoms with van der Waals surface area (Å²) in [6.45, 7) is 0. The minimum Gasteiger partial charge on any atom is -0.454 e. The number of hydrogen-bond donors (Lipinski definition) is 0. The average Bonchev–Trinajstić information content (AvgIpc) is 3.78. The predicted molar refractivity (Wildman–Crippen MR) is 175 cm³/mol. The Bertz CT molecular complexity index is 2650. The maximum Gasteiger partial charge on any atom is 0.195 e. The SMILES string of the molecule is c1ccc2c(c1)sc1nc3ccc(-c4ccc5oc6c(-n7c8ccccc8c8ccccc87)cccc6c5c4)cc3n12. The average molecular weight is 556 g/mol. The molecule has 42 heavy (non-hydrogen) atoms. The van der Waals surface area contributed by atoms with E-state index in [-0.39, 0.29) is 0 Å². The topological polar surface area (TPSA) is 35.4 Å². The van der Waals surface area contributed by atoms with Crippen LogP contribution in [0.3, 0.4) is 0 Å². The highest BCUT2D eigenvalue weighted by Crippen LogP contribution is 2.39. The fraction of sp³-hybridized carbons (Fsp3) is 0. The number of para-hydroxylation sites is 4. The zero-order valence-corrected chi connectivity index (χ0v) is 23.1. The van der Waals surface area contributed by atoms with E-state index in [1.165, 1.54) is 32.0 Å². The van der Waals surface area contributed by atoms with Crippen molar-refractivity contribution in [1.29, 1.82) is 0 Å². The highest BCUT2D eigenvalue weighted by molar-refractivity contribution is 7.23. The standard InChI is InChI=1S/C37H21N3OS/c1-3-11-29-24(8-1)25-9-2-4-12-30(25)39(29)32-14-7-10-26-27-20-22(17-19-34(27)41-36(26)32)23-16-18-28-33(21-23)40-31-13-5-6-15-35(31)42-37(40)38-28/h1-21H. The molecule has 196 valence electrons. The van der Waals surface area contributed by atoms with Crippen LogP contribution in [0.15, 0.2) is 132 Å². The summed E-state index contributed by atoms with van der Waals surface area (Å²) in [4.78, 5) is 5.94. The smallest absolute Gasteiger partial charge is 0.195 e. The van der Waals surface area contributed by atoms with E-state index in [0.717, 1.165) is 54.7 Å². The monoisotopic (exact) mass is 555 g/mol. The Morgan fingerprint density at radius 1 is 0.548 bits per heavy atom. The second-order valence-electron chi connectivity index (χ2n) is 10.8. The zero-order chi connectivity index (χ0) is 27.4. The van der Waals surface area contributed by atoms with Crippen molar-refractivity contribution in [3.05, 3.63) is 127 Å². The first kappa shape index (κ1) is 22.3. The number of hydrogen-bond acceptors (Lipinski definition) is 3. The van der Waals surface area contributed by atoms with Crippen molar-refractivity contribution < 1.29 is 4.42 Å². The number of rotatable bonds is 2. The molecule has 4 aromatic heterocycles. The first-order valence-corrected chi connectivity index (χ1v) is 14.9. The largest absolute Gasteiger partial charge is 0.454 e.